The van der Waals surface area contributed by atoms with Gasteiger partial charge in [0.15, 0.2) is 0 Å². The van der Waals surface area contributed by atoms with Crippen molar-refractivity contribution in [1.29, 1.82) is 0 Å². The first kappa shape index (κ1) is 18.3. The number of rotatable bonds is 5. The molecule has 144 valence electrons. The van der Waals surface area contributed by atoms with Gasteiger partial charge in [-0.2, -0.15) is 5.10 Å². The topological polar surface area (TPSA) is 50.6 Å². The fraction of sp³-hybridized carbons (Fsp3) is 0.524. The summed E-state index contributed by atoms with van der Waals surface area (Å²) in [5.74, 6) is 0. The molecule has 0 amide bonds. The van der Waals surface area contributed by atoms with Crippen LogP contribution in [0.1, 0.15) is 22.9 Å². The summed E-state index contributed by atoms with van der Waals surface area (Å²) in [6, 6.07) is 12.0. The van der Waals surface area contributed by atoms with Crippen molar-refractivity contribution >= 4 is 0 Å². The summed E-state index contributed by atoms with van der Waals surface area (Å²) < 4.78 is 7.64. The van der Waals surface area contributed by atoms with E-state index < -0.39 is 0 Å². The summed E-state index contributed by atoms with van der Waals surface area (Å²) in [6.45, 7) is 9.34. The predicted octanol–water partition coefficient (Wildman–Crippen LogP) is 1.48. The Morgan fingerprint density at radius 1 is 1.04 bits per heavy atom. The molecule has 1 atom stereocenters. The maximum atomic E-state index is 11.9. The minimum absolute atomic E-state index is 0.0210. The lowest BCUT2D eigenvalue weighted by Gasteiger charge is -2.37. The first-order valence-corrected chi connectivity index (χ1v) is 9.88. The highest BCUT2D eigenvalue weighted by molar-refractivity contribution is 5.31. The monoisotopic (exact) mass is 368 g/mol. The largest absolute Gasteiger partial charge is 0.372 e. The smallest absolute Gasteiger partial charge is 0.266 e. The molecule has 2 aliphatic heterocycles. The van der Waals surface area contributed by atoms with Crippen LogP contribution in [-0.4, -0.2) is 65.5 Å². The van der Waals surface area contributed by atoms with Crippen molar-refractivity contribution < 1.29 is 4.74 Å². The number of aromatic nitrogens is 2. The lowest BCUT2D eigenvalue weighted by molar-refractivity contribution is 0.00425. The van der Waals surface area contributed by atoms with Gasteiger partial charge in [-0.15, -0.1) is 0 Å². The maximum Gasteiger partial charge on any atom is 0.266 e. The SMILES string of the molecule is Cc1ccc(=O)n(CCN2CCN(CC3OCCc4ccccc43)CC2)n1. The van der Waals surface area contributed by atoms with Crippen LogP contribution in [-0.2, 0) is 17.7 Å². The molecule has 4 rings (SSSR count). The van der Waals surface area contributed by atoms with E-state index in [2.05, 4.69) is 39.2 Å². The molecular formula is C21H28N4O2. The van der Waals surface area contributed by atoms with Gasteiger partial charge in [0.05, 0.1) is 24.9 Å². The lowest BCUT2D eigenvalue weighted by Crippen LogP contribution is -2.49. The molecule has 0 spiro atoms. The Hall–Kier alpha value is -2.02. The van der Waals surface area contributed by atoms with Crippen molar-refractivity contribution in [2.75, 3.05) is 45.9 Å². The van der Waals surface area contributed by atoms with Gasteiger partial charge < -0.3 is 4.74 Å². The standard InChI is InChI=1S/C21H28N4O2/c1-17-6-7-21(26)25(22-17)14-13-23-9-11-24(12-10-23)16-20-19-5-3-2-4-18(19)8-15-27-20/h2-7,20H,8-16H2,1H3. The molecule has 0 saturated carbocycles. The molecule has 1 unspecified atom stereocenters. The number of hydrogen-bond donors (Lipinski definition) is 0. The van der Waals surface area contributed by atoms with Gasteiger partial charge in [-0.05, 0) is 30.5 Å². The molecule has 1 fully saturated rings. The molecule has 0 aliphatic carbocycles. The Morgan fingerprint density at radius 3 is 2.67 bits per heavy atom. The molecule has 27 heavy (non-hydrogen) atoms. The van der Waals surface area contributed by atoms with Crippen LogP contribution in [0.3, 0.4) is 0 Å². The first-order valence-electron chi connectivity index (χ1n) is 9.88. The van der Waals surface area contributed by atoms with E-state index >= 15 is 0 Å². The third-order valence-electron chi connectivity index (χ3n) is 5.61. The molecule has 1 aromatic heterocycles. The highest BCUT2D eigenvalue weighted by Gasteiger charge is 2.25. The molecule has 2 aliphatic rings. The van der Waals surface area contributed by atoms with Crippen LogP contribution >= 0.6 is 0 Å². The molecule has 6 nitrogen and oxygen atoms in total. The van der Waals surface area contributed by atoms with Crippen LogP contribution in [0.4, 0.5) is 0 Å². The average Bonchev–Trinajstić information content (AvgIpc) is 2.70. The fourth-order valence-electron chi connectivity index (χ4n) is 4.01. The zero-order chi connectivity index (χ0) is 18.6. The fourth-order valence-corrected chi connectivity index (χ4v) is 4.01. The molecule has 6 heteroatoms. The average molecular weight is 368 g/mol. The van der Waals surface area contributed by atoms with Crippen molar-refractivity contribution in [2.24, 2.45) is 0 Å². The summed E-state index contributed by atoms with van der Waals surface area (Å²) in [7, 11) is 0. The Balaban J connectivity index is 1.27. The van der Waals surface area contributed by atoms with Crippen molar-refractivity contribution in [1.82, 2.24) is 19.6 Å². The van der Waals surface area contributed by atoms with E-state index in [4.69, 9.17) is 4.74 Å². The maximum absolute atomic E-state index is 11.9. The van der Waals surface area contributed by atoms with E-state index in [9.17, 15) is 4.79 Å². The summed E-state index contributed by atoms with van der Waals surface area (Å²) >= 11 is 0. The minimum Gasteiger partial charge on any atom is -0.372 e. The third-order valence-corrected chi connectivity index (χ3v) is 5.61. The Labute approximate surface area is 160 Å². The second-order valence-electron chi connectivity index (χ2n) is 7.49. The third kappa shape index (κ3) is 4.46. The van der Waals surface area contributed by atoms with Crippen LogP contribution in [0.5, 0.6) is 0 Å². The molecule has 1 saturated heterocycles. The van der Waals surface area contributed by atoms with Crippen LogP contribution < -0.4 is 5.56 Å². The predicted molar refractivity (Wildman–Crippen MR) is 105 cm³/mol. The van der Waals surface area contributed by atoms with Gasteiger partial charge in [-0.1, -0.05) is 24.3 Å². The first-order chi connectivity index (χ1) is 13.2. The van der Waals surface area contributed by atoms with Gasteiger partial charge in [0.25, 0.3) is 5.56 Å². The summed E-state index contributed by atoms with van der Waals surface area (Å²) in [5.41, 5.74) is 3.65. The number of fused-ring (bicyclic) bond motifs is 1. The van der Waals surface area contributed by atoms with Crippen LogP contribution in [0.2, 0.25) is 0 Å². The summed E-state index contributed by atoms with van der Waals surface area (Å²) in [4.78, 5) is 16.8. The van der Waals surface area contributed by atoms with Gasteiger partial charge in [0.2, 0.25) is 0 Å². The van der Waals surface area contributed by atoms with Gasteiger partial charge in [0, 0.05) is 45.3 Å². The lowest BCUT2D eigenvalue weighted by atomic mass is 9.97. The second kappa shape index (κ2) is 8.33. The normalized spacial score (nSPS) is 21.1. The minimum atomic E-state index is -0.0210. The van der Waals surface area contributed by atoms with E-state index in [0.717, 1.165) is 58.0 Å². The van der Waals surface area contributed by atoms with E-state index in [1.54, 1.807) is 16.8 Å². The van der Waals surface area contributed by atoms with Crippen LogP contribution in [0.25, 0.3) is 0 Å². The molecule has 0 bridgehead atoms. The van der Waals surface area contributed by atoms with E-state index in [1.807, 2.05) is 6.92 Å². The Kier molecular flexibility index (Phi) is 5.66. The van der Waals surface area contributed by atoms with Crippen molar-refractivity contribution in [2.45, 2.75) is 26.0 Å². The zero-order valence-corrected chi connectivity index (χ0v) is 16.0. The number of piperazine rings is 1. The van der Waals surface area contributed by atoms with Crippen LogP contribution in [0.15, 0.2) is 41.2 Å². The summed E-state index contributed by atoms with van der Waals surface area (Å²) in [5, 5.41) is 4.32. The summed E-state index contributed by atoms with van der Waals surface area (Å²) in [6.07, 6.45) is 1.21. The number of hydrogen-bond acceptors (Lipinski definition) is 5. The Morgan fingerprint density at radius 2 is 1.81 bits per heavy atom. The number of aryl methyl sites for hydroxylation is 1. The van der Waals surface area contributed by atoms with Gasteiger partial charge in [-0.3, -0.25) is 14.6 Å². The van der Waals surface area contributed by atoms with E-state index in [1.165, 1.54) is 11.1 Å². The van der Waals surface area contributed by atoms with Gasteiger partial charge in [0.1, 0.15) is 0 Å². The molecule has 2 aromatic rings. The highest BCUT2D eigenvalue weighted by atomic mass is 16.5. The highest BCUT2D eigenvalue weighted by Crippen LogP contribution is 2.27. The molecule has 3 heterocycles. The van der Waals surface area contributed by atoms with E-state index in [0.29, 0.717) is 6.54 Å². The number of ether oxygens (including phenoxy) is 1. The van der Waals surface area contributed by atoms with E-state index in [-0.39, 0.29) is 11.7 Å². The molecular weight excluding hydrogens is 340 g/mol. The van der Waals surface area contributed by atoms with Crippen molar-refractivity contribution in [3.05, 3.63) is 63.6 Å². The Bertz CT molecular complexity index is 827. The van der Waals surface area contributed by atoms with Crippen molar-refractivity contribution in [3.63, 3.8) is 0 Å². The molecule has 0 radical (unpaired) electrons. The second-order valence-corrected chi connectivity index (χ2v) is 7.49. The van der Waals surface area contributed by atoms with Crippen LogP contribution in [0, 0.1) is 6.92 Å². The molecule has 0 N–H and O–H groups in total. The van der Waals surface area contributed by atoms with Gasteiger partial charge in [-0.25, -0.2) is 4.68 Å². The number of nitrogens with zero attached hydrogens (tertiary/aromatic N) is 4. The zero-order valence-electron chi connectivity index (χ0n) is 16.0. The van der Waals surface area contributed by atoms with Gasteiger partial charge >= 0.3 is 0 Å². The molecule has 1 aromatic carbocycles. The number of benzene rings is 1. The van der Waals surface area contributed by atoms with Crippen molar-refractivity contribution in [3.8, 4) is 0 Å². The quantitative estimate of drug-likeness (QED) is 0.800.